The molecule has 0 aliphatic carbocycles. The van der Waals surface area contributed by atoms with Crippen LogP contribution in [0.5, 0.6) is 0 Å². The average molecular weight is 373 g/mol. The number of hydrogen-bond acceptors (Lipinski definition) is 3. The number of piperazine rings is 1. The fourth-order valence-electron chi connectivity index (χ4n) is 3.84. The summed E-state index contributed by atoms with van der Waals surface area (Å²) in [7, 11) is -3.43. The van der Waals surface area contributed by atoms with Gasteiger partial charge >= 0.3 is 0 Å². The lowest BCUT2D eigenvalue weighted by molar-refractivity contribution is 0.384. The molecule has 0 aromatic heterocycles. The maximum absolute atomic E-state index is 13.1. The van der Waals surface area contributed by atoms with Crippen molar-refractivity contribution in [3.8, 4) is 0 Å². The number of benzene rings is 2. The van der Waals surface area contributed by atoms with E-state index in [0.717, 1.165) is 30.6 Å². The number of rotatable bonds is 4. The van der Waals surface area contributed by atoms with Gasteiger partial charge in [-0.2, -0.15) is 4.31 Å². The van der Waals surface area contributed by atoms with Crippen molar-refractivity contribution in [2.75, 3.05) is 31.1 Å². The van der Waals surface area contributed by atoms with E-state index in [1.165, 1.54) is 16.8 Å². The smallest absolute Gasteiger partial charge is 0.243 e. The van der Waals surface area contributed by atoms with Crippen molar-refractivity contribution in [3.05, 3.63) is 58.7 Å². The van der Waals surface area contributed by atoms with E-state index in [1.807, 2.05) is 26.0 Å². The van der Waals surface area contributed by atoms with Gasteiger partial charge in [0, 0.05) is 31.9 Å². The molecule has 0 atom stereocenters. The zero-order valence-electron chi connectivity index (χ0n) is 16.1. The molecule has 5 heteroatoms. The van der Waals surface area contributed by atoms with E-state index in [-0.39, 0.29) is 0 Å². The van der Waals surface area contributed by atoms with Crippen LogP contribution in [0.1, 0.15) is 29.2 Å². The SMILES string of the molecule is CCc1cccc(C)c1N1CCN(S(=O)(=O)c2ccc(C)cc2C)CC1. The Morgan fingerprint density at radius 1 is 0.923 bits per heavy atom. The van der Waals surface area contributed by atoms with Gasteiger partial charge in [0.1, 0.15) is 0 Å². The second kappa shape index (κ2) is 7.41. The normalized spacial score (nSPS) is 16.1. The van der Waals surface area contributed by atoms with Gasteiger partial charge in [-0.3, -0.25) is 0 Å². The second-order valence-electron chi connectivity index (χ2n) is 7.10. The molecule has 2 aromatic rings. The highest BCUT2D eigenvalue weighted by molar-refractivity contribution is 7.89. The first-order chi connectivity index (χ1) is 12.3. The molecule has 1 saturated heterocycles. The summed E-state index contributed by atoms with van der Waals surface area (Å²) in [6.07, 6.45) is 0.984. The van der Waals surface area contributed by atoms with Crippen molar-refractivity contribution in [1.82, 2.24) is 4.31 Å². The third kappa shape index (κ3) is 3.51. The minimum atomic E-state index is -3.43. The molecule has 2 aromatic carbocycles. The molecule has 1 fully saturated rings. The van der Waals surface area contributed by atoms with E-state index in [0.29, 0.717) is 18.0 Å². The monoisotopic (exact) mass is 372 g/mol. The maximum Gasteiger partial charge on any atom is 0.243 e. The minimum Gasteiger partial charge on any atom is -0.368 e. The van der Waals surface area contributed by atoms with Gasteiger partial charge in [0.2, 0.25) is 10.0 Å². The van der Waals surface area contributed by atoms with Crippen LogP contribution in [0.3, 0.4) is 0 Å². The van der Waals surface area contributed by atoms with Gasteiger partial charge in [-0.15, -0.1) is 0 Å². The standard InChI is InChI=1S/C21H28N2O2S/c1-5-19-8-6-7-17(3)21(19)22-11-13-23(14-12-22)26(24,25)20-10-9-16(2)15-18(20)4/h6-10,15H,5,11-14H2,1-4H3. The summed E-state index contributed by atoms with van der Waals surface area (Å²) in [5, 5.41) is 0. The van der Waals surface area contributed by atoms with Crippen LogP contribution in [0.4, 0.5) is 5.69 Å². The predicted molar refractivity (Wildman–Crippen MR) is 107 cm³/mol. The molecule has 0 amide bonds. The van der Waals surface area contributed by atoms with Gasteiger partial charge in [0.25, 0.3) is 0 Å². The van der Waals surface area contributed by atoms with E-state index in [1.54, 1.807) is 10.4 Å². The molecule has 3 rings (SSSR count). The highest BCUT2D eigenvalue weighted by Crippen LogP contribution is 2.28. The Balaban J connectivity index is 1.80. The van der Waals surface area contributed by atoms with Crippen molar-refractivity contribution in [3.63, 3.8) is 0 Å². The molecule has 26 heavy (non-hydrogen) atoms. The van der Waals surface area contributed by atoms with Crippen LogP contribution in [0.2, 0.25) is 0 Å². The number of nitrogens with zero attached hydrogens (tertiary/aromatic N) is 2. The van der Waals surface area contributed by atoms with E-state index < -0.39 is 10.0 Å². The summed E-state index contributed by atoms with van der Waals surface area (Å²) in [5.41, 5.74) is 5.77. The van der Waals surface area contributed by atoms with Gasteiger partial charge < -0.3 is 4.90 Å². The molecule has 0 bridgehead atoms. The van der Waals surface area contributed by atoms with Crippen LogP contribution >= 0.6 is 0 Å². The van der Waals surface area contributed by atoms with Gasteiger partial charge in [-0.05, 0) is 49.9 Å². The lowest BCUT2D eigenvalue weighted by Gasteiger charge is -2.37. The summed E-state index contributed by atoms with van der Waals surface area (Å²) >= 11 is 0. The molecule has 4 nitrogen and oxygen atoms in total. The van der Waals surface area contributed by atoms with Crippen LogP contribution in [0.25, 0.3) is 0 Å². The maximum atomic E-state index is 13.1. The predicted octanol–water partition coefficient (Wildman–Crippen LogP) is 3.69. The Kier molecular flexibility index (Phi) is 5.39. The van der Waals surface area contributed by atoms with Gasteiger partial charge in [0.05, 0.1) is 4.90 Å². The quantitative estimate of drug-likeness (QED) is 0.822. The Morgan fingerprint density at radius 2 is 1.62 bits per heavy atom. The molecule has 1 aliphatic heterocycles. The van der Waals surface area contributed by atoms with Gasteiger partial charge in [-0.1, -0.05) is 42.8 Å². The molecule has 1 aliphatic rings. The number of aryl methyl sites for hydroxylation is 4. The molecular formula is C21H28N2O2S. The lowest BCUT2D eigenvalue weighted by atomic mass is 10.0. The number of para-hydroxylation sites is 1. The molecule has 0 N–H and O–H groups in total. The molecule has 0 saturated carbocycles. The molecule has 140 valence electrons. The minimum absolute atomic E-state index is 0.432. The first kappa shape index (κ1) is 18.9. The van der Waals surface area contributed by atoms with E-state index in [4.69, 9.17) is 0 Å². The van der Waals surface area contributed by atoms with Crippen LogP contribution < -0.4 is 4.90 Å². The number of anilines is 1. The zero-order chi connectivity index (χ0) is 18.9. The van der Waals surface area contributed by atoms with Crippen LogP contribution in [-0.2, 0) is 16.4 Å². The third-order valence-electron chi connectivity index (χ3n) is 5.21. The Labute approximate surface area is 157 Å². The first-order valence-electron chi connectivity index (χ1n) is 9.25. The topological polar surface area (TPSA) is 40.6 Å². The van der Waals surface area contributed by atoms with E-state index >= 15 is 0 Å². The zero-order valence-corrected chi connectivity index (χ0v) is 16.9. The Morgan fingerprint density at radius 3 is 2.23 bits per heavy atom. The Bertz CT molecular complexity index is 898. The van der Waals surface area contributed by atoms with Crippen molar-refractivity contribution in [2.45, 2.75) is 39.0 Å². The summed E-state index contributed by atoms with van der Waals surface area (Å²) < 4.78 is 27.7. The molecule has 0 unspecified atom stereocenters. The summed E-state index contributed by atoms with van der Waals surface area (Å²) in [4.78, 5) is 2.77. The number of hydrogen-bond donors (Lipinski definition) is 0. The molecule has 0 radical (unpaired) electrons. The van der Waals surface area contributed by atoms with E-state index in [9.17, 15) is 8.42 Å². The van der Waals surface area contributed by atoms with Crippen molar-refractivity contribution < 1.29 is 8.42 Å². The lowest BCUT2D eigenvalue weighted by Crippen LogP contribution is -2.49. The number of sulfonamides is 1. The van der Waals surface area contributed by atoms with Crippen molar-refractivity contribution in [2.24, 2.45) is 0 Å². The fourth-order valence-corrected chi connectivity index (χ4v) is 5.47. The van der Waals surface area contributed by atoms with Crippen LogP contribution in [-0.4, -0.2) is 38.9 Å². The van der Waals surface area contributed by atoms with E-state index in [2.05, 4.69) is 36.9 Å². The van der Waals surface area contributed by atoms with Crippen molar-refractivity contribution in [1.29, 1.82) is 0 Å². The Hall–Kier alpha value is -1.85. The van der Waals surface area contributed by atoms with Crippen molar-refractivity contribution >= 4 is 15.7 Å². The fraction of sp³-hybridized carbons (Fsp3) is 0.429. The van der Waals surface area contributed by atoms with Gasteiger partial charge in [0.15, 0.2) is 0 Å². The average Bonchev–Trinajstić information content (AvgIpc) is 2.61. The summed E-state index contributed by atoms with van der Waals surface area (Å²) in [6.45, 7) is 10.6. The van der Waals surface area contributed by atoms with Gasteiger partial charge in [-0.25, -0.2) is 8.42 Å². The molecule has 0 spiro atoms. The summed E-state index contributed by atoms with van der Waals surface area (Å²) in [5.74, 6) is 0. The second-order valence-corrected chi connectivity index (χ2v) is 9.00. The highest BCUT2D eigenvalue weighted by atomic mass is 32.2. The largest absolute Gasteiger partial charge is 0.368 e. The first-order valence-corrected chi connectivity index (χ1v) is 10.7. The molecular weight excluding hydrogens is 344 g/mol. The molecule has 1 heterocycles. The third-order valence-corrected chi connectivity index (χ3v) is 7.26. The highest BCUT2D eigenvalue weighted by Gasteiger charge is 2.30. The summed E-state index contributed by atoms with van der Waals surface area (Å²) in [6, 6.07) is 11.9. The van der Waals surface area contributed by atoms with Crippen LogP contribution in [0.15, 0.2) is 41.3 Å². The van der Waals surface area contributed by atoms with Crippen LogP contribution in [0, 0.1) is 20.8 Å².